The molecule has 0 bridgehead atoms. The molecule has 0 atom stereocenters. The summed E-state index contributed by atoms with van der Waals surface area (Å²) >= 11 is 1.44. The van der Waals surface area contributed by atoms with E-state index in [0.29, 0.717) is 17.3 Å². The van der Waals surface area contributed by atoms with Gasteiger partial charge in [0.1, 0.15) is 11.3 Å². The number of nitrogens with one attached hydrogen (secondary N) is 1. The van der Waals surface area contributed by atoms with Crippen molar-refractivity contribution in [3.8, 4) is 11.6 Å². The van der Waals surface area contributed by atoms with Gasteiger partial charge in [-0.05, 0) is 49.9 Å². The number of anilines is 1. The van der Waals surface area contributed by atoms with Gasteiger partial charge in [-0.15, -0.1) is 11.8 Å². The SMILES string of the molecule is COc1ccc(O/C(N)=C(C(=O)Nc2cccc(SC)c2)/C(C)=C(\N)C(F)(F)F)c(C)n1. The van der Waals surface area contributed by atoms with Gasteiger partial charge in [-0.2, -0.15) is 13.2 Å². The van der Waals surface area contributed by atoms with Crippen LogP contribution in [-0.2, 0) is 4.79 Å². The Morgan fingerprint density at radius 2 is 1.88 bits per heavy atom. The van der Waals surface area contributed by atoms with E-state index < -0.39 is 34.8 Å². The van der Waals surface area contributed by atoms with E-state index in [2.05, 4.69) is 10.3 Å². The minimum atomic E-state index is -4.87. The number of halogens is 3. The molecule has 0 aliphatic carbocycles. The van der Waals surface area contributed by atoms with E-state index in [1.165, 1.54) is 31.0 Å². The monoisotopic (exact) mass is 468 g/mol. The average molecular weight is 469 g/mol. The van der Waals surface area contributed by atoms with Crippen molar-refractivity contribution in [3.63, 3.8) is 0 Å². The zero-order chi connectivity index (χ0) is 24.1. The summed E-state index contributed by atoms with van der Waals surface area (Å²) in [4.78, 5) is 17.9. The molecule has 2 aromatic rings. The Hall–Kier alpha value is -3.34. The van der Waals surface area contributed by atoms with Crippen LogP contribution < -0.4 is 26.3 Å². The number of amides is 1. The molecule has 1 aromatic carbocycles. The van der Waals surface area contributed by atoms with Crippen molar-refractivity contribution in [2.24, 2.45) is 11.5 Å². The quantitative estimate of drug-likeness (QED) is 0.243. The number of thioether (sulfide) groups is 1. The van der Waals surface area contributed by atoms with Gasteiger partial charge in [0.05, 0.1) is 12.8 Å². The Kier molecular flexibility index (Phi) is 8.03. The molecule has 0 aliphatic heterocycles. The van der Waals surface area contributed by atoms with Gasteiger partial charge in [-0.3, -0.25) is 4.79 Å². The Morgan fingerprint density at radius 3 is 2.44 bits per heavy atom. The number of hydrogen-bond donors (Lipinski definition) is 3. The normalized spacial score (nSPS) is 13.1. The molecule has 11 heteroatoms. The fourth-order valence-corrected chi connectivity index (χ4v) is 3.08. The van der Waals surface area contributed by atoms with Gasteiger partial charge in [-0.1, -0.05) is 6.07 Å². The number of allylic oxidation sites excluding steroid dienone is 1. The molecular weight excluding hydrogens is 445 g/mol. The average Bonchev–Trinajstić information content (AvgIpc) is 2.74. The lowest BCUT2D eigenvalue weighted by Gasteiger charge is -2.17. The molecule has 1 amide bonds. The third-order valence-corrected chi connectivity index (χ3v) is 5.05. The van der Waals surface area contributed by atoms with Gasteiger partial charge >= 0.3 is 6.18 Å². The van der Waals surface area contributed by atoms with E-state index in [1.807, 2.05) is 12.3 Å². The summed E-state index contributed by atoms with van der Waals surface area (Å²) in [6.07, 6.45) is -3.02. The van der Waals surface area contributed by atoms with Gasteiger partial charge < -0.3 is 26.3 Å². The van der Waals surface area contributed by atoms with E-state index >= 15 is 0 Å². The molecule has 5 N–H and O–H groups in total. The number of hydrogen-bond acceptors (Lipinski definition) is 7. The fraction of sp³-hybridized carbons (Fsp3) is 0.238. The Bertz CT molecular complexity index is 1070. The number of aryl methyl sites for hydroxylation is 1. The molecule has 0 radical (unpaired) electrons. The summed E-state index contributed by atoms with van der Waals surface area (Å²) in [6.45, 7) is 2.64. The number of aromatic nitrogens is 1. The van der Waals surface area contributed by atoms with Crippen LogP contribution in [-0.4, -0.2) is 30.4 Å². The molecule has 0 unspecified atom stereocenters. The van der Waals surface area contributed by atoms with Crippen LogP contribution in [0.2, 0.25) is 0 Å². The van der Waals surface area contributed by atoms with Crippen LogP contribution in [0.4, 0.5) is 18.9 Å². The number of ether oxygens (including phenoxy) is 2. The van der Waals surface area contributed by atoms with Crippen LogP contribution in [0.5, 0.6) is 11.6 Å². The second-order valence-corrected chi connectivity index (χ2v) is 7.38. The standard InChI is InChI=1S/C21H23F3N4O3S/c1-11(18(25)21(22,23)24)17(20(29)28-13-6-5-7-14(10-13)32-4)19(26)31-15-8-9-16(30-3)27-12(15)2/h5-10H,25-26H2,1-4H3,(H,28,29)/b18-11-,19-17-. The van der Waals surface area contributed by atoms with Crippen molar-refractivity contribution in [3.05, 3.63) is 64.8 Å². The van der Waals surface area contributed by atoms with Crippen molar-refractivity contribution in [1.82, 2.24) is 4.98 Å². The Balaban J connectivity index is 2.53. The predicted octanol–water partition coefficient (Wildman–Crippen LogP) is 4.10. The molecular formula is C21H23F3N4O3S. The summed E-state index contributed by atoms with van der Waals surface area (Å²) in [5, 5.41) is 2.54. The van der Waals surface area contributed by atoms with Gasteiger partial charge in [0, 0.05) is 16.6 Å². The second-order valence-electron chi connectivity index (χ2n) is 6.50. The molecule has 32 heavy (non-hydrogen) atoms. The van der Waals surface area contributed by atoms with Crippen LogP contribution in [0.1, 0.15) is 12.6 Å². The first-order valence-corrected chi connectivity index (χ1v) is 10.4. The van der Waals surface area contributed by atoms with E-state index in [1.54, 1.807) is 25.1 Å². The van der Waals surface area contributed by atoms with Crippen LogP contribution in [0.15, 0.2) is 64.0 Å². The zero-order valence-electron chi connectivity index (χ0n) is 17.8. The molecule has 0 saturated carbocycles. The van der Waals surface area contributed by atoms with E-state index in [0.717, 1.165) is 11.8 Å². The Labute approximate surface area is 187 Å². The largest absolute Gasteiger partial charge is 0.481 e. The molecule has 1 aromatic heterocycles. The summed E-state index contributed by atoms with van der Waals surface area (Å²) in [5.74, 6) is -1.04. The number of carbonyl (C=O) groups is 1. The first-order chi connectivity index (χ1) is 15.0. The minimum absolute atomic E-state index is 0.136. The highest BCUT2D eigenvalue weighted by molar-refractivity contribution is 7.98. The molecule has 0 fully saturated rings. The van der Waals surface area contributed by atoms with E-state index in [-0.39, 0.29) is 5.75 Å². The number of methoxy groups -OCH3 is 1. The second kappa shape index (κ2) is 10.3. The number of nitrogens with two attached hydrogens (primary N) is 2. The Morgan fingerprint density at radius 1 is 1.19 bits per heavy atom. The van der Waals surface area contributed by atoms with Crippen molar-refractivity contribution in [2.75, 3.05) is 18.7 Å². The molecule has 1 heterocycles. The maximum atomic E-state index is 13.2. The number of benzene rings is 1. The highest BCUT2D eigenvalue weighted by atomic mass is 32.2. The first-order valence-electron chi connectivity index (χ1n) is 9.16. The number of carbonyl (C=O) groups excluding carboxylic acids is 1. The molecule has 7 nitrogen and oxygen atoms in total. The predicted molar refractivity (Wildman–Crippen MR) is 117 cm³/mol. The third kappa shape index (κ3) is 6.10. The van der Waals surface area contributed by atoms with Crippen molar-refractivity contribution in [2.45, 2.75) is 24.9 Å². The summed E-state index contributed by atoms with van der Waals surface area (Å²) in [6, 6.07) is 9.73. The highest BCUT2D eigenvalue weighted by Gasteiger charge is 2.35. The van der Waals surface area contributed by atoms with Crippen LogP contribution in [0.3, 0.4) is 0 Å². The smallest absolute Gasteiger partial charge is 0.431 e. The number of alkyl halides is 3. The molecule has 2 rings (SSSR count). The number of rotatable bonds is 7. The summed E-state index contributed by atoms with van der Waals surface area (Å²) in [7, 11) is 1.43. The van der Waals surface area contributed by atoms with E-state index in [4.69, 9.17) is 20.9 Å². The highest BCUT2D eigenvalue weighted by Crippen LogP contribution is 2.30. The number of nitrogens with zero attached hydrogens (tertiary/aromatic N) is 1. The van der Waals surface area contributed by atoms with Gasteiger partial charge in [0.2, 0.25) is 11.8 Å². The number of pyridine rings is 1. The van der Waals surface area contributed by atoms with Gasteiger partial charge in [0.15, 0.2) is 5.75 Å². The molecule has 0 aliphatic rings. The minimum Gasteiger partial charge on any atom is -0.481 e. The molecule has 172 valence electrons. The third-order valence-electron chi connectivity index (χ3n) is 4.33. The van der Waals surface area contributed by atoms with Gasteiger partial charge in [0.25, 0.3) is 5.91 Å². The van der Waals surface area contributed by atoms with Crippen LogP contribution in [0.25, 0.3) is 0 Å². The van der Waals surface area contributed by atoms with E-state index in [9.17, 15) is 18.0 Å². The van der Waals surface area contributed by atoms with Crippen LogP contribution in [0, 0.1) is 6.92 Å². The lowest BCUT2D eigenvalue weighted by atomic mass is 10.0. The first kappa shape index (κ1) is 24.9. The summed E-state index contributed by atoms with van der Waals surface area (Å²) < 4.78 is 50.2. The van der Waals surface area contributed by atoms with Crippen molar-refractivity contribution >= 4 is 23.4 Å². The lowest BCUT2D eigenvalue weighted by Crippen LogP contribution is -2.27. The maximum Gasteiger partial charge on any atom is 0.431 e. The molecule has 0 spiro atoms. The van der Waals surface area contributed by atoms with Crippen LogP contribution >= 0.6 is 11.8 Å². The zero-order valence-corrected chi connectivity index (χ0v) is 18.6. The van der Waals surface area contributed by atoms with Gasteiger partial charge in [-0.25, -0.2) is 4.98 Å². The summed E-state index contributed by atoms with van der Waals surface area (Å²) in [5.41, 5.74) is 9.36. The molecule has 0 saturated heterocycles. The lowest BCUT2D eigenvalue weighted by molar-refractivity contribution is -0.112. The topological polar surface area (TPSA) is 112 Å². The fourth-order valence-electron chi connectivity index (χ4n) is 2.62. The maximum absolute atomic E-state index is 13.2. The van der Waals surface area contributed by atoms with Crippen molar-refractivity contribution < 1.29 is 27.4 Å². The van der Waals surface area contributed by atoms with Crippen molar-refractivity contribution in [1.29, 1.82) is 0 Å².